The number of halogens is 2. The van der Waals surface area contributed by atoms with E-state index in [2.05, 4.69) is 63.0 Å². The Morgan fingerprint density at radius 1 is 0.742 bits per heavy atom. The molecule has 1 saturated heterocycles. The van der Waals surface area contributed by atoms with E-state index in [1.807, 2.05) is 38.1 Å². The predicted octanol–water partition coefficient (Wildman–Crippen LogP) is 4.55. The van der Waals surface area contributed by atoms with Crippen LogP contribution in [0.1, 0.15) is 174 Å². The van der Waals surface area contributed by atoms with Crippen LogP contribution in [0.2, 0.25) is 29.7 Å². The molecule has 1 saturated carbocycles. The van der Waals surface area contributed by atoms with E-state index in [0.29, 0.717) is 6.42 Å². The molecule has 7 aliphatic rings. The number of unbranched alkanes of at least 4 members (excludes halogenated alkanes) is 1. The van der Waals surface area contributed by atoms with Crippen molar-refractivity contribution in [2.24, 2.45) is 29.4 Å². The van der Waals surface area contributed by atoms with E-state index in [-0.39, 0.29) is 103 Å². The third-order valence-corrected chi connectivity index (χ3v) is 25.8. The van der Waals surface area contributed by atoms with Crippen LogP contribution in [0.5, 0.6) is 46.0 Å². The molecule has 11 bridgehead atoms. The second-order valence-corrected chi connectivity index (χ2v) is 41.5. The van der Waals surface area contributed by atoms with Gasteiger partial charge in [0.15, 0.2) is 28.8 Å². The Hall–Kier alpha value is -10.3. The normalized spacial score (nSPS) is 26.4. The molecule has 13 rings (SSSR count). The molecular weight excluding hydrogens is 1780 g/mol. The Balaban J connectivity index is 1.08. The van der Waals surface area contributed by atoms with Gasteiger partial charge in [0.2, 0.25) is 47.8 Å². The van der Waals surface area contributed by atoms with E-state index >= 15 is 24.0 Å². The third kappa shape index (κ3) is 24.3. The molecule has 22 N–H and O–H groups in total. The number of ether oxygens (including phenoxy) is 6. The monoisotopic (exact) mass is 1890 g/mol. The molecule has 714 valence electrons. The minimum atomic E-state index is -2.27. The summed E-state index contributed by atoms with van der Waals surface area (Å²) in [6, 6.07) is 14.9. The molecule has 132 heavy (non-hydrogen) atoms. The van der Waals surface area contributed by atoms with E-state index in [0.717, 1.165) is 53.6 Å². The van der Waals surface area contributed by atoms with Gasteiger partial charge in [-0.3, -0.25) is 43.2 Å². The van der Waals surface area contributed by atoms with Crippen molar-refractivity contribution in [2.45, 2.75) is 247 Å². The van der Waals surface area contributed by atoms with Gasteiger partial charge in [-0.05, 0) is 158 Å². The first-order chi connectivity index (χ1) is 62.4. The summed E-state index contributed by atoms with van der Waals surface area (Å²) in [7, 11) is -1.71. The highest BCUT2D eigenvalue weighted by Crippen LogP contribution is 2.52. The lowest BCUT2D eigenvalue weighted by Gasteiger charge is -2.48. The van der Waals surface area contributed by atoms with Crippen LogP contribution in [-0.2, 0) is 70.5 Å². The number of aromatic hydroxyl groups is 3. The van der Waals surface area contributed by atoms with E-state index in [1.165, 1.54) is 30.3 Å². The highest BCUT2D eigenvalue weighted by Gasteiger charge is 2.52. The molecule has 39 heteroatoms. The van der Waals surface area contributed by atoms with Gasteiger partial charge in [0.05, 0.1) is 52.9 Å². The molecule has 1 aliphatic carbocycles. The summed E-state index contributed by atoms with van der Waals surface area (Å²) in [6.07, 6.45) is -28.4. The van der Waals surface area contributed by atoms with Crippen LogP contribution in [0.3, 0.4) is 0 Å². The van der Waals surface area contributed by atoms with Crippen LogP contribution in [0.25, 0.3) is 11.1 Å². The van der Waals surface area contributed by atoms with E-state index in [1.54, 1.807) is 20.8 Å². The van der Waals surface area contributed by atoms with Gasteiger partial charge in [-0.15, -0.1) is 5.54 Å². The number of rotatable bonds is 29. The van der Waals surface area contributed by atoms with Crippen LogP contribution in [0, 0.1) is 35.1 Å². The summed E-state index contributed by atoms with van der Waals surface area (Å²) in [5, 5.41) is 175. The molecular formula is C93H115Cl2N7O29Si. The van der Waals surface area contributed by atoms with Gasteiger partial charge in [-0.25, -0.2) is 0 Å². The van der Waals surface area contributed by atoms with E-state index in [4.69, 9.17) is 57.4 Å². The molecule has 0 radical (unpaired) electrons. The summed E-state index contributed by atoms with van der Waals surface area (Å²) in [5.74, 6) is -15.7. The molecule has 6 aliphatic heterocycles. The summed E-state index contributed by atoms with van der Waals surface area (Å²) in [6.45, 7) is 13.2. The molecule has 5 amide bonds. The fourth-order valence-electron chi connectivity index (χ4n) is 17.0. The SMILES string of the molecule is CC[C@H](CC(C)C)C(=O)N[C@H]1C(=O)C[C@@H](CC(N)=O)C(=O)N[C@H]2C(=O)C[C@@H]3C(=O)N[C@H](C(=O)N[C@H](OC=O)c4cc(O)c(CNCCCCC(=O)[C@H](O)[C@@H](O)[C@H](O)[C@H](O)CO)c(O)c4-c4cc3ccc4O)[C@H](O)c3ccc(c(Cl)c3)Oc3cc2cc(c3O[C@@H]2O[C@H](CO)C(O)C(O)[C@H]2O[C@@H]2C[C@@H](C)[C@@H](O)C(C)(NCc3ccc(C#C[Si](C)(C)C)cc3)C2)Oc2ccc(cc2Cl)[C@H]1O. The van der Waals surface area contributed by atoms with Crippen molar-refractivity contribution < 1.29 is 143 Å². The number of benzene rings is 6. The number of hydrogen-bond donors (Lipinski definition) is 21. The van der Waals surface area contributed by atoms with Crippen molar-refractivity contribution in [1.82, 2.24) is 31.9 Å². The number of nitrogens with one attached hydrogen (secondary N) is 6. The molecule has 6 aromatic carbocycles. The van der Waals surface area contributed by atoms with Crippen LogP contribution in [0.4, 0.5) is 0 Å². The first kappa shape index (κ1) is 102. The van der Waals surface area contributed by atoms with Gasteiger partial charge in [0.1, 0.15) is 116 Å². The number of aliphatic hydroxyl groups is 11. The van der Waals surface area contributed by atoms with Gasteiger partial charge in [0, 0.05) is 72.5 Å². The number of fused-ring (bicyclic) bond motifs is 15. The van der Waals surface area contributed by atoms with Gasteiger partial charge < -0.3 is 138 Å². The summed E-state index contributed by atoms with van der Waals surface area (Å²) in [4.78, 5) is 132. The van der Waals surface area contributed by atoms with Crippen molar-refractivity contribution in [3.8, 4) is 68.6 Å². The number of nitrogens with two attached hydrogens (primary N) is 1. The number of amides is 5. The maximum absolute atomic E-state index is 16.6. The third-order valence-electron chi connectivity index (χ3n) is 24.4. The van der Waals surface area contributed by atoms with E-state index in [9.17, 15) is 90.7 Å². The number of phenolic OH excluding ortho intramolecular Hbond substituents is 3. The summed E-state index contributed by atoms with van der Waals surface area (Å²) < 4.78 is 39.4. The Labute approximate surface area is 771 Å². The topological polar surface area (TPSA) is 590 Å². The minimum Gasteiger partial charge on any atom is -0.507 e. The number of hydrogen-bond acceptors (Lipinski definition) is 31. The van der Waals surface area contributed by atoms with Crippen LogP contribution in [-0.4, -0.2) is 238 Å². The van der Waals surface area contributed by atoms with Crippen molar-refractivity contribution in [1.29, 1.82) is 0 Å². The second kappa shape index (κ2) is 44.3. The number of carbonyl (C=O) groups excluding carboxylic acids is 9. The van der Waals surface area contributed by atoms with Gasteiger partial charge >= 0.3 is 0 Å². The minimum absolute atomic E-state index is 0.00579. The van der Waals surface area contributed by atoms with Crippen LogP contribution in [0.15, 0.2) is 97.1 Å². The number of Topliss-reactive ketones (excluding diaryl/α,β-unsaturated/α-hetero) is 3. The number of carbonyl (C=O) groups is 9. The van der Waals surface area contributed by atoms with Gasteiger partial charge in [-0.1, -0.05) is 107 Å². The zero-order chi connectivity index (χ0) is 96.4. The van der Waals surface area contributed by atoms with E-state index < -0.39 is 289 Å². The van der Waals surface area contributed by atoms with Crippen molar-refractivity contribution in [2.75, 3.05) is 19.8 Å². The fraction of sp³-hybridized carbons (Fsp3) is 0.495. The highest BCUT2D eigenvalue weighted by atomic mass is 35.5. The molecule has 3 unspecified atom stereocenters. The maximum atomic E-state index is 16.6. The molecule has 6 aromatic rings. The number of phenols is 3. The lowest BCUT2D eigenvalue weighted by molar-refractivity contribution is -0.299. The standard InChI is InChI=1S/C93H115Cl2N7O29Si/c1-9-47(26-43(2)3)87(122)100-74-63(109)31-52(34-71(96)112)88(123)99-73-51-32-68(128-66-21-18-49(76(74)113)29-58(66)94)84(131-92-85(83(120)81(118)70(41-104)130-92)127-53-27-44(4)86(121)93(5,37-53)98-38-46-15-13-45(14-16-46)23-25-132(6,7)8)69(33-51)129-67-22-19-50(30-59(67)95)77(114)75-90(125)102-91(126-42-105)56-36-62(108)57(39-97-24-11-10-12-61(107)79(116)82(119)80(117)65(111)40-103)78(115)72(56)55-28-48(17-20-60(55)106)54(35-64(73)110)89(124)101-75/h13-22,28-30,32-33,36,42-44,47,52-54,65,70,73-77,79-83,85-86,91-92,97-98,103-104,106,108,111,113-121H,9-12,24,26-27,31,34-35,37-41H2,1-8H3,(H2,96,112)(H,99,123)(H,100,122)(H,101,124)(H,102,125)/t44-,47-,52+,53-,54+,65-,70-,73-,74+,75+,76-,77-,79+,80-,81?,82-,83?,85-,86-,91-,92+,93?/m1/s1. The van der Waals surface area contributed by atoms with Crippen molar-refractivity contribution in [3.63, 3.8) is 0 Å². The van der Waals surface area contributed by atoms with Crippen LogP contribution >= 0.6 is 23.2 Å². The zero-order valence-corrected chi connectivity index (χ0v) is 76.4. The first-order valence-electron chi connectivity index (χ1n) is 43.6. The average Bonchev–Trinajstić information content (AvgIpc) is 0.769. The molecule has 0 aromatic heterocycles. The maximum Gasteiger partial charge on any atom is 0.295 e. The quantitative estimate of drug-likeness (QED) is 0.0132. The Bertz CT molecular complexity index is 5290. The lowest BCUT2D eigenvalue weighted by Crippen LogP contribution is -2.64. The molecule has 6 heterocycles. The Morgan fingerprint density at radius 3 is 2.00 bits per heavy atom. The van der Waals surface area contributed by atoms with Gasteiger partial charge in [-0.2, -0.15) is 0 Å². The smallest absolute Gasteiger partial charge is 0.295 e. The molecule has 22 atom stereocenters. The second-order valence-electron chi connectivity index (χ2n) is 36.0. The summed E-state index contributed by atoms with van der Waals surface area (Å²) in [5.41, 5.74) is 7.03. The number of aliphatic hydroxyl groups excluding tert-OH is 11. The Morgan fingerprint density at radius 2 is 1.39 bits per heavy atom. The number of primary amides is 1. The fourth-order valence-corrected chi connectivity index (χ4v) is 18.0. The number of ketones is 3. The van der Waals surface area contributed by atoms with Gasteiger partial charge in [0.25, 0.3) is 6.47 Å². The average molecular weight is 1890 g/mol. The molecule has 0 spiro atoms. The lowest BCUT2D eigenvalue weighted by atomic mass is 9.73. The van der Waals surface area contributed by atoms with Crippen LogP contribution < -0.4 is 51.8 Å². The van der Waals surface area contributed by atoms with Crippen molar-refractivity contribution in [3.05, 3.63) is 152 Å². The summed E-state index contributed by atoms with van der Waals surface area (Å²) >= 11 is 14.5. The predicted molar refractivity (Wildman–Crippen MR) is 477 cm³/mol. The molecule has 36 nitrogen and oxygen atoms in total. The Kier molecular flexibility index (Phi) is 34.3. The molecule has 2 fully saturated rings. The largest absolute Gasteiger partial charge is 0.507 e. The van der Waals surface area contributed by atoms with Crippen molar-refractivity contribution >= 4 is 84.6 Å². The first-order valence-corrected chi connectivity index (χ1v) is 47.8. The zero-order valence-electron chi connectivity index (χ0n) is 73.8. The highest BCUT2D eigenvalue weighted by molar-refractivity contribution is 6.83.